The average molecular weight is 414 g/mol. The fourth-order valence-electron chi connectivity index (χ4n) is 3.02. The quantitative estimate of drug-likeness (QED) is 0.528. The van der Waals surface area contributed by atoms with Crippen LogP contribution in [0.4, 0.5) is 0 Å². The van der Waals surface area contributed by atoms with E-state index in [1.165, 1.54) is 0 Å². The third-order valence-corrected chi connectivity index (χ3v) is 10.4. The van der Waals surface area contributed by atoms with Crippen molar-refractivity contribution in [2.45, 2.75) is 105 Å². The lowest BCUT2D eigenvalue weighted by atomic mass is 10.1. The van der Waals surface area contributed by atoms with Crippen LogP contribution in [0, 0.1) is 0 Å². The first kappa shape index (κ1) is 22.8. The molecule has 0 radical (unpaired) electrons. The van der Waals surface area contributed by atoms with E-state index in [0.717, 1.165) is 0 Å². The zero-order valence-electron chi connectivity index (χ0n) is 19.5. The Morgan fingerprint density at radius 3 is 0.778 bits per heavy atom. The lowest BCUT2D eigenvalue weighted by Crippen LogP contribution is -2.45. The fourth-order valence-corrected chi connectivity index (χ4v) is 8.63. The van der Waals surface area contributed by atoms with Crippen LogP contribution in [0.1, 0.15) is 83.1 Å². The smallest absolute Gasteiger partial charge is 0.182 e. The van der Waals surface area contributed by atoms with Crippen LogP contribution < -0.4 is 4.86 Å². The van der Waals surface area contributed by atoms with Gasteiger partial charge in [-0.25, -0.2) is 4.86 Å². The summed E-state index contributed by atoms with van der Waals surface area (Å²) in [4.78, 5) is 4.11. The molecule has 0 atom stereocenters. The van der Waals surface area contributed by atoms with Crippen molar-refractivity contribution < 1.29 is 0 Å². The van der Waals surface area contributed by atoms with Crippen molar-refractivity contribution in [1.82, 2.24) is 23.5 Å². The lowest BCUT2D eigenvalue weighted by molar-refractivity contribution is 0.298. The Bertz CT molecular complexity index is 489. The summed E-state index contributed by atoms with van der Waals surface area (Å²) in [6.45, 7) is 27.5. The van der Waals surface area contributed by atoms with E-state index in [1.54, 1.807) is 0 Å². The number of rotatable bonds is 2. The molecular formula is C20H41N5P2. The van der Waals surface area contributed by atoms with E-state index in [-0.39, 0.29) is 22.2 Å². The van der Waals surface area contributed by atoms with Gasteiger partial charge in [-0.2, -0.15) is 0 Å². The maximum absolute atomic E-state index is 4.11. The molecule has 0 aliphatic carbocycles. The van der Waals surface area contributed by atoms with E-state index in [4.69, 9.17) is 0 Å². The molecule has 0 saturated heterocycles. The molecule has 0 bridgehead atoms. The normalized spacial score (nSPS) is 20.6. The molecule has 0 spiro atoms. The van der Waals surface area contributed by atoms with Gasteiger partial charge < -0.3 is 18.7 Å². The summed E-state index contributed by atoms with van der Waals surface area (Å²) in [6.07, 6.45) is 9.08. The maximum atomic E-state index is 4.11. The van der Waals surface area contributed by atoms with Crippen LogP contribution in [-0.2, 0) is 0 Å². The van der Waals surface area contributed by atoms with Gasteiger partial charge in [0.05, 0.1) is 0 Å². The molecule has 156 valence electrons. The molecule has 2 rings (SSSR count). The summed E-state index contributed by atoms with van der Waals surface area (Å²) in [6, 6.07) is 0. The van der Waals surface area contributed by atoms with E-state index in [9.17, 15) is 0 Å². The van der Waals surface area contributed by atoms with E-state index in [2.05, 4.69) is 131 Å². The van der Waals surface area contributed by atoms with Gasteiger partial charge in [0.2, 0.25) is 0 Å². The molecule has 1 N–H and O–H groups in total. The molecule has 2 aliphatic heterocycles. The fraction of sp³-hybridized carbons (Fsp3) is 0.800. The number of nitrogens with one attached hydrogen (secondary N) is 1. The Morgan fingerprint density at radius 1 is 0.444 bits per heavy atom. The Labute approximate surface area is 170 Å². The zero-order valence-corrected chi connectivity index (χ0v) is 21.3. The summed E-state index contributed by atoms with van der Waals surface area (Å²) < 4.78 is 10.0. The largest absolute Gasteiger partial charge is 0.321 e. The lowest BCUT2D eigenvalue weighted by Gasteiger charge is -2.50. The molecule has 0 fully saturated rings. The summed E-state index contributed by atoms with van der Waals surface area (Å²) in [5.41, 5.74) is 0.265. The van der Waals surface area contributed by atoms with E-state index >= 15 is 0 Å². The predicted molar refractivity (Wildman–Crippen MR) is 122 cm³/mol. The van der Waals surface area contributed by atoms with E-state index in [1.807, 2.05) is 0 Å². The highest BCUT2D eigenvalue weighted by Gasteiger charge is 2.46. The minimum absolute atomic E-state index is 0.0663. The summed E-state index contributed by atoms with van der Waals surface area (Å²) in [5, 5.41) is 0. The third-order valence-electron chi connectivity index (χ3n) is 4.44. The van der Waals surface area contributed by atoms with Crippen LogP contribution in [0.15, 0.2) is 24.8 Å². The zero-order chi connectivity index (χ0) is 21.0. The first-order valence-corrected chi connectivity index (χ1v) is 12.3. The molecule has 0 unspecified atom stereocenters. The third kappa shape index (κ3) is 4.92. The molecule has 0 aromatic carbocycles. The Balaban J connectivity index is 2.40. The van der Waals surface area contributed by atoms with Gasteiger partial charge >= 0.3 is 0 Å². The highest BCUT2D eigenvalue weighted by molar-refractivity contribution is 7.66. The Kier molecular flexibility index (Phi) is 5.97. The van der Waals surface area contributed by atoms with Crippen molar-refractivity contribution in [3.63, 3.8) is 0 Å². The molecule has 7 heteroatoms. The molecule has 27 heavy (non-hydrogen) atoms. The van der Waals surface area contributed by atoms with Crippen molar-refractivity contribution in [2.75, 3.05) is 0 Å². The number of hydrogen-bond donors (Lipinski definition) is 1. The monoisotopic (exact) mass is 413 g/mol. The molecule has 0 aromatic heterocycles. The second-order valence-electron chi connectivity index (χ2n) is 11.3. The van der Waals surface area contributed by atoms with Crippen molar-refractivity contribution >= 4 is 16.7 Å². The first-order valence-electron chi connectivity index (χ1n) is 9.84. The van der Waals surface area contributed by atoms with Gasteiger partial charge in [0.25, 0.3) is 0 Å². The van der Waals surface area contributed by atoms with Crippen molar-refractivity contribution in [3.8, 4) is 0 Å². The molecule has 0 aromatic rings. The number of nitrogens with zero attached hydrogens (tertiary/aromatic N) is 4. The minimum Gasteiger partial charge on any atom is -0.321 e. The second kappa shape index (κ2) is 7.08. The van der Waals surface area contributed by atoms with Crippen LogP contribution in [0.5, 0.6) is 0 Å². The first-order chi connectivity index (χ1) is 11.9. The Morgan fingerprint density at radius 2 is 0.630 bits per heavy atom. The van der Waals surface area contributed by atoms with Gasteiger partial charge in [-0.15, -0.1) is 0 Å². The average Bonchev–Trinajstić information content (AvgIpc) is 2.99. The van der Waals surface area contributed by atoms with Gasteiger partial charge in [-0.3, -0.25) is 0 Å². The summed E-state index contributed by atoms with van der Waals surface area (Å²) >= 11 is 0. The van der Waals surface area contributed by atoms with Gasteiger partial charge in [0.1, 0.15) is 0 Å². The van der Waals surface area contributed by atoms with Gasteiger partial charge in [0.15, 0.2) is 16.7 Å². The molecular weight excluding hydrogens is 372 g/mol. The Hall–Kier alpha value is -0.500. The van der Waals surface area contributed by atoms with Gasteiger partial charge in [0, 0.05) is 47.0 Å². The van der Waals surface area contributed by atoms with E-state index in [0.29, 0.717) is 0 Å². The predicted octanol–water partition coefficient (Wildman–Crippen LogP) is 6.40. The molecule has 0 amide bonds. The van der Waals surface area contributed by atoms with Crippen LogP contribution in [0.25, 0.3) is 0 Å². The summed E-state index contributed by atoms with van der Waals surface area (Å²) in [5.74, 6) is 0. The molecule has 2 heterocycles. The maximum Gasteiger partial charge on any atom is 0.182 e. The van der Waals surface area contributed by atoms with Crippen LogP contribution in [-0.4, -0.2) is 40.8 Å². The SMILES string of the molecule is CC(C)(C)N1C=CN(C(C)(C)C)P1NP1N(C(C)(C)C)C=CN1C(C)(C)C. The van der Waals surface area contributed by atoms with Gasteiger partial charge in [-0.1, -0.05) is 0 Å². The minimum atomic E-state index is -0.696. The van der Waals surface area contributed by atoms with Crippen LogP contribution in [0.3, 0.4) is 0 Å². The topological polar surface area (TPSA) is 25.0 Å². The van der Waals surface area contributed by atoms with E-state index < -0.39 is 16.7 Å². The highest BCUT2D eigenvalue weighted by Crippen LogP contribution is 2.63. The number of hydrogen-bond acceptors (Lipinski definition) is 5. The van der Waals surface area contributed by atoms with Crippen molar-refractivity contribution in [3.05, 3.63) is 24.8 Å². The van der Waals surface area contributed by atoms with Crippen LogP contribution >= 0.6 is 16.7 Å². The molecule has 0 saturated carbocycles. The second-order valence-corrected chi connectivity index (χ2v) is 15.0. The highest BCUT2D eigenvalue weighted by atomic mass is 31.2. The molecule has 2 aliphatic rings. The van der Waals surface area contributed by atoms with Crippen LogP contribution in [0.2, 0.25) is 0 Å². The van der Waals surface area contributed by atoms with Crippen molar-refractivity contribution in [1.29, 1.82) is 0 Å². The molecule has 5 nitrogen and oxygen atoms in total. The van der Waals surface area contributed by atoms with Crippen molar-refractivity contribution in [2.24, 2.45) is 0 Å². The van der Waals surface area contributed by atoms with Gasteiger partial charge in [-0.05, 0) is 83.1 Å². The standard InChI is InChI=1S/C20H41N5P2/c1-17(2,3)22-13-14-23(18(4,5)6)26(22)21-27-24(19(7,8)9)15-16-25(27)20(10,11)12/h13-16,21H,1-12H3. The summed E-state index contributed by atoms with van der Waals surface area (Å²) in [7, 11) is -1.39.